The van der Waals surface area contributed by atoms with Crippen molar-refractivity contribution in [3.05, 3.63) is 107 Å². The van der Waals surface area contributed by atoms with Crippen LogP contribution in [0.2, 0.25) is 0 Å². The van der Waals surface area contributed by atoms with Crippen molar-refractivity contribution >= 4 is 10.8 Å². The van der Waals surface area contributed by atoms with E-state index < -0.39 is 0 Å². The number of fused-ring (bicyclic) bond motifs is 2. The molecule has 2 aliphatic heterocycles. The molecule has 6 rings (SSSR count). The number of piperidine rings is 1. The van der Waals surface area contributed by atoms with E-state index in [1.54, 1.807) is 0 Å². The molecule has 4 heteroatoms. The second-order valence-corrected chi connectivity index (χ2v) is 10.6. The van der Waals surface area contributed by atoms with Gasteiger partial charge in [-0.05, 0) is 102 Å². The first-order chi connectivity index (χ1) is 18.2. The standard InChI is InChI=1S/C33H36N2O2/c36-30-12-15-32-27(22-30)16-19-35-33(32,28-11-10-25-5-1-2-6-26(25)21-28)23-24-8-13-31(14-9-24)37-20-17-29-7-3-4-18-34-29/h1-2,5-6,8-15,21-22,29,34-36H,3-4,7,16-20,23H2. The molecule has 3 N–H and O–H groups in total. The van der Waals surface area contributed by atoms with Gasteiger partial charge in [-0.1, -0.05) is 61.0 Å². The van der Waals surface area contributed by atoms with Crippen LogP contribution < -0.4 is 15.4 Å². The second-order valence-electron chi connectivity index (χ2n) is 10.6. The van der Waals surface area contributed by atoms with Crippen molar-refractivity contribution in [3.63, 3.8) is 0 Å². The predicted molar refractivity (Wildman–Crippen MR) is 150 cm³/mol. The van der Waals surface area contributed by atoms with Crippen LogP contribution in [-0.4, -0.2) is 30.8 Å². The van der Waals surface area contributed by atoms with E-state index in [2.05, 4.69) is 83.4 Å². The molecule has 2 aliphatic rings. The molecule has 0 aliphatic carbocycles. The molecule has 0 radical (unpaired) electrons. The van der Waals surface area contributed by atoms with E-state index >= 15 is 0 Å². The number of benzene rings is 4. The Hall–Kier alpha value is -3.34. The maximum absolute atomic E-state index is 10.2. The molecule has 4 nitrogen and oxygen atoms in total. The van der Waals surface area contributed by atoms with Gasteiger partial charge >= 0.3 is 0 Å². The number of nitrogens with one attached hydrogen (secondary N) is 2. The number of phenolic OH excluding ortho intramolecular Hbond substituents is 1. The number of ether oxygens (including phenoxy) is 1. The van der Waals surface area contributed by atoms with Gasteiger partial charge in [-0.25, -0.2) is 0 Å². The summed E-state index contributed by atoms with van der Waals surface area (Å²) in [6.07, 6.45) is 6.64. The lowest BCUT2D eigenvalue weighted by molar-refractivity contribution is 0.268. The van der Waals surface area contributed by atoms with Gasteiger partial charge in [0.2, 0.25) is 0 Å². The van der Waals surface area contributed by atoms with Crippen molar-refractivity contribution in [2.75, 3.05) is 19.7 Å². The van der Waals surface area contributed by atoms with E-state index in [4.69, 9.17) is 4.74 Å². The highest BCUT2D eigenvalue weighted by Gasteiger charge is 2.38. The van der Waals surface area contributed by atoms with E-state index in [-0.39, 0.29) is 5.54 Å². The molecule has 2 heterocycles. The maximum Gasteiger partial charge on any atom is 0.119 e. The third kappa shape index (κ3) is 5.09. The molecule has 0 aromatic heterocycles. The zero-order chi connectivity index (χ0) is 25.1. The number of hydrogen-bond donors (Lipinski definition) is 3. The Morgan fingerprint density at radius 1 is 0.865 bits per heavy atom. The molecule has 0 spiro atoms. The van der Waals surface area contributed by atoms with E-state index in [0.717, 1.165) is 44.7 Å². The minimum absolute atomic E-state index is 0.331. The summed E-state index contributed by atoms with van der Waals surface area (Å²) in [6, 6.07) is 30.4. The quantitative estimate of drug-likeness (QED) is 0.292. The van der Waals surface area contributed by atoms with Gasteiger partial charge in [0.05, 0.1) is 12.1 Å². The zero-order valence-corrected chi connectivity index (χ0v) is 21.4. The van der Waals surface area contributed by atoms with Crippen molar-refractivity contribution in [3.8, 4) is 11.5 Å². The van der Waals surface area contributed by atoms with Crippen LogP contribution in [0.15, 0.2) is 84.9 Å². The predicted octanol–water partition coefficient (Wildman–Crippen LogP) is 6.09. The number of phenols is 1. The highest BCUT2D eigenvalue weighted by Crippen LogP contribution is 2.40. The van der Waals surface area contributed by atoms with Crippen LogP contribution in [0.4, 0.5) is 0 Å². The van der Waals surface area contributed by atoms with Crippen LogP contribution >= 0.6 is 0 Å². The van der Waals surface area contributed by atoms with Gasteiger partial charge in [0.25, 0.3) is 0 Å². The summed E-state index contributed by atoms with van der Waals surface area (Å²) in [6.45, 7) is 2.74. The van der Waals surface area contributed by atoms with Gasteiger partial charge in [-0.3, -0.25) is 0 Å². The van der Waals surface area contributed by atoms with Crippen LogP contribution in [0.3, 0.4) is 0 Å². The van der Waals surface area contributed by atoms with Crippen LogP contribution in [0.5, 0.6) is 11.5 Å². The normalized spacial score (nSPS) is 21.5. The average Bonchev–Trinajstić information content (AvgIpc) is 2.94. The van der Waals surface area contributed by atoms with Crippen molar-refractivity contribution in [1.29, 1.82) is 0 Å². The third-order valence-corrected chi connectivity index (χ3v) is 8.15. The summed E-state index contributed by atoms with van der Waals surface area (Å²) < 4.78 is 6.10. The van der Waals surface area contributed by atoms with Gasteiger partial charge in [0.15, 0.2) is 0 Å². The first-order valence-corrected chi connectivity index (χ1v) is 13.7. The molecule has 1 saturated heterocycles. The molecule has 1 fully saturated rings. The Bertz CT molecular complexity index is 1360. The van der Waals surface area contributed by atoms with Crippen LogP contribution in [0, 0.1) is 0 Å². The van der Waals surface area contributed by atoms with E-state index in [1.807, 2.05) is 12.1 Å². The summed E-state index contributed by atoms with van der Waals surface area (Å²) in [4.78, 5) is 0. The molecule has 2 atom stereocenters. The van der Waals surface area contributed by atoms with Gasteiger partial charge in [0, 0.05) is 12.6 Å². The van der Waals surface area contributed by atoms with Crippen LogP contribution in [0.1, 0.15) is 47.9 Å². The lowest BCUT2D eigenvalue weighted by Gasteiger charge is -2.41. The molecule has 2 unspecified atom stereocenters. The van der Waals surface area contributed by atoms with Gasteiger partial charge in [-0.2, -0.15) is 0 Å². The smallest absolute Gasteiger partial charge is 0.119 e. The lowest BCUT2D eigenvalue weighted by Crippen LogP contribution is -2.49. The molecule has 4 aromatic rings. The summed E-state index contributed by atoms with van der Waals surface area (Å²) in [7, 11) is 0. The number of aromatic hydroxyl groups is 1. The van der Waals surface area contributed by atoms with Crippen LogP contribution in [0.25, 0.3) is 10.8 Å². The van der Waals surface area contributed by atoms with E-state index in [9.17, 15) is 5.11 Å². The summed E-state index contributed by atoms with van der Waals surface area (Å²) in [5.41, 5.74) is 4.58. The fourth-order valence-corrected chi connectivity index (χ4v) is 6.18. The molecular weight excluding hydrogens is 456 g/mol. The molecule has 0 bridgehead atoms. The molecule has 4 aromatic carbocycles. The lowest BCUT2D eigenvalue weighted by atomic mass is 9.73. The molecular formula is C33H36N2O2. The Balaban J connectivity index is 1.28. The first-order valence-electron chi connectivity index (χ1n) is 13.7. The van der Waals surface area contributed by atoms with Crippen molar-refractivity contribution in [2.45, 2.75) is 50.1 Å². The van der Waals surface area contributed by atoms with Crippen molar-refractivity contribution < 1.29 is 9.84 Å². The average molecular weight is 493 g/mol. The minimum Gasteiger partial charge on any atom is -0.508 e. The monoisotopic (exact) mass is 492 g/mol. The van der Waals surface area contributed by atoms with E-state index in [0.29, 0.717) is 11.8 Å². The second kappa shape index (κ2) is 10.6. The van der Waals surface area contributed by atoms with Crippen molar-refractivity contribution in [1.82, 2.24) is 10.6 Å². The fourth-order valence-electron chi connectivity index (χ4n) is 6.18. The van der Waals surface area contributed by atoms with Gasteiger partial charge in [-0.15, -0.1) is 0 Å². The number of rotatable bonds is 7. The molecule has 190 valence electrons. The van der Waals surface area contributed by atoms with Crippen molar-refractivity contribution in [2.24, 2.45) is 0 Å². The Kier molecular flexibility index (Phi) is 6.86. The fraction of sp³-hybridized carbons (Fsp3) is 0.333. The Morgan fingerprint density at radius 2 is 1.73 bits per heavy atom. The Labute approximate surface area is 219 Å². The molecule has 0 saturated carbocycles. The highest BCUT2D eigenvalue weighted by atomic mass is 16.5. The summed E-state index contributed by atoms with van der Waals surface area (Å²) in [5, 5.41) is 20.2. The third-order valence-electron chi connectivity index (χ3n) is 8.15. The summed E-state index contributed by atoms with van der Waals surface area (Å²) >= 11 is 0. The molecule has 0 amide bonds. The minimum atomic E-state index is -0.375. The zero-order valence-electron chi connectivity index (χ0n) is 21.4. The topological polar surface area (TPSA) is 53.5 Å². The first kappa shape index (κ1) is 24.0. The summed E-state index contributed by atoms with van der Waals surface area (Å²) in [5.74, 6) is 1.26. The van der Waals surface area contributed by atoms with Gasteiger partial charge < -0.3 is 20.5 Å². The Morgan fingerprint density at radius 3 is 2.57 bits per heavy atom. The highest BCUT2D eigenvalue weighted by molar-refractivity contribution is 5.83. The SMILES string of the molecule is Oc1ccc2c(c1)CCNC2(Cc1ccc(OCCC2CCCCN2)cc1)c1ccc2ccccc2c1. The molecule has 37 heavy (non-hydrogen) atoms. The van der Waals surface area contributed by atoms with Crippen LogP contribution in [-0.2, 0) is 18.4 Å². The maximum atomic E-state index is 10.2. The van der Waals surface area contributed by atoms with E-state index in [1.165, 1.54) is 52.3 Å². The largest absolute Gasteiger partial charge is 0.508 e. The number of hydrogen-bond acceptors (Lipinski definition) is 4. The van der Waals surface area contributed by atoms with Gasteiger partial charge in [0.1, 0.15) is 11.5 Å².